The Kier molecular flexibility index (Phi) is 13.9. The molecule has 0 radical (unpaired) electrons. The minimum atomic E-state index is -1.53. The number of likely N-dealkylation sites (N-methyl/N-ethyl adjacent to an activating group) is 1. The zero-order valence-electron chi connectivity index (χ0n) is 30.0. The van der Waals surface area contributed by atoms with Gasteiger partial charge >= 0.3 is 0 Å². The third-order valence-corrected chi connectivity index (χ3v) is 10.7. The van der Waals surface area contributed by atoms with Crippen molar-refractivity contribution < 1.29 is 34.4 Å². The molecule has 2 amide bonds. The first-order valence-corrected chi connectivity index (χ1v) is 18.3. The van der Waals surface area contributed by atoms with Crippen LogP contribution in [0.5, 0.6) is 0 Å². The van der Waals surface area contributed by atoms with Crippen molar-refractivity contribution >= 4 is 27.7 Å². The van der Waals surface area contributed by atoms with Crippen molar-refractivity contribution in [2.45, 2.75) is 115 Å². The maximum atomic E-state index is 14.1. The van der Waals surface area contributed by atoms with Gasteiger partial charge in [0.25, 0.3) is 0 Å². The summed E-state index contributed by atoms with van der Waals surface area (Å²) >= 11 is 3.49. The number of ether oxygens (including phenoxy) is 2. The Morgan fingerprint density at radius 1 is 1.00 bits per heavy atom. The third-order valence-electron chi connectivity index (χ3n) is 10.1. The van der Waals surface area contributed by atoms with E-state index in [9.17, 15) is 24.9 Å². The molecular weight excluding hydrogens is 690 g/mol. The Bertz CT molecular complexity index is 1360. The molecule has 2 aliphatic heterocycles. The molecule has 0 bridgehead atoms. The number of hydrogen-bond acceptors (Lipinski definition) is 8. The molecular formula is C38H56BrN3O7. The minimum Gasteiger partial charge on any atom is -0.392 e. The van der Waals surface area contributed by atoms with E-state index in [-0.39, 0.29) is 36.8 Å². The summed E-state index contributed by atoms with van der Waals surface area (Å²) < 4.78 is 13.5. The van der Waals surface area contributed by atoms with Crippen LogP contribution in [0.3, 0.4) is 0 Å². The minimum absolute atomic E-state index is 0.0759. The molecule has 0 aromatic heterocycles. The topological polar surface area (TPSA) is 132 Å². The second-order valence-corrected chi connectivity index (χ2v) is 15.8. The number of aliphatic hydroxyl groups excluding tert-OH is 2. The van der Waals surface area contributed by atoms with E-state index in [4.69, 9.17) is 9.47 Å². The Hall–Kier alpha value is -2.38. The van der Waals surface area contributed by atoms with Crippen molar-refractivity contribution in [1.29, 1.82) is 0 Å². The number of nitrogens with one attached hydrogen (secondary N) is 1. The third kappa shape index (κ3) is 10.6. The summed E-state index contributed by atoms with van der Waals surface area (Å²) in [7, 11) is 3.78. The maximum Gasteiger partial charge on any atom is 0.225 e. The van der Waals surface area contributed by atoms with Gasteiger partial charge in [-0.3, -0.25) is 9.59 Å². The molecule has 2 fully saturated rings. The van der Waals surface area contributed by atoms with Gasteiger partial charge in [0, 0.05) is 42.0 Å². The predicted octanol–water partition coefficient (Wildman–Crippen LogP) is 4.13. The fraction of sp³-hybridized carbons (Fsp3) is 0.632. The van der Waals surface area contributed by atoms with Crippen LogP contribution in [-0.2, 0) is 32.0 Å². The Balaban J connectivity index is 1.70. The smallest absolute Gasteiger partial charge is 0.225 e. The molecule has 2 aromatic carbocycles. The number of rotatable bonds is 7. The van der Waals surface area contributed by atoms with E-state index in [2.05, 4.69) is 21.2 Å². The molecule has 10 nitrogen and oxygen atoms in total. The normalized spacial score (nSPS) is 35.6. The molecule has 0 aliphatic carbocycles. The van der Waals surface area contributed by atoms with Crippen molar-refractivity contribution in [3.05, 3.63) is 70.2 Å². The van der Waals surface area contributed by atoms with Crippen LogP contribution in [0.1, 0.15) is 65.0 Å². The largest absolute Gasteiger partial charge is 0.392 e. The molecule has 2 aromatic rings. The van der Waals surface area contributed by atoms with Gasteiger partial charge in [0.05, 0.1) is 29.8 Å². The van der Waals surface area contributed by atoms with Crippen LogP contribution in [0.4, 0.5) is 0 Å². The van der Waals surface area contributed by atoms with E-state index < -0.39 is 54.0 Å². The SMILES string of the molecule is C[C@H]1CN(Cc2ccc(Br)cc2)C(=O)CC(Cc2ccccc2)NC(=O)[C@H](C)[C@@H](O)[C@H](C)[C@@H](O[C@@H]2O[C@H](C)C[C@H](N(C)C)[C@H]2O)[C@](C)(O)C1. The molecule has 11 atom stereocenters. The molecule has 272 valence electrons. The van der Waals surface area contributed by atoms with Gasteiger partial charge in [-0.2, -0.15) is 0 Å². The van der Waals surface area contributed by atoms with Crippen LogP contribution in [0, 0.1) is 17.8 Å². The number of halogens is 1. The highest BCUT2D eigenvalue weighted by molar-refractivity contribution is 9.10. The summed E-state index contributed by atoms with van der Waals surface area (Å²) in [6.07, 6.45) is -3.16. The summed E-state index contributed by atoms with van der Waals surface area (Å²) in [5.74, 6) is -2.32. The first-order valence-electron chi connectivity index (χ1n) is 17.5. The average Bonchev–Trinajstić information content (AvgIpc) is 3.04. The van der Waals surface area contributed by atoms with Gasteiger partial charge in [-0.05, 0) is 76.4 Å². The van der Waals surface area contributed by atoms with Gasteiger partial charge < -0.3 is 39.9 Å². The number of amides is 2. The second kappa shape index (κ2) is 17.2. The number of carbonyl (C=O) groups is 2. The van der Waals surface area contributed by atoms with Gasteiger partial charge in [-0.1, -0.05) is 79.2 Å². The van der Waals surface area contributed by atoms with Crippen molar-refractivity contribution in [3.63, 3.8) is 0 Å². The fourth-order valence-electron chi connectivity index (χ4n) is 7.50. The van der Waals surface area contributed by atoms with E-state index >= 15 is 0 Å². The number of nitrogens with zero attached hydrogens (tertiary/aromatic N) is 2. The number of carbonyl (C=O) groups excluding carboxylic acids is 2. The summed E-state index contributed by atoms with van der Waals surface area (Å²) in [4.78, 5) is 31.7. The van der Waals surface area contributed by atoms with E-state index in [0.717, 1.165) is 15.6 Å². The Labute approximate surface area is 300 Å². The van der Waals surface area contributed by atoms with Gasteiger partial charge in [0.15, 0.2) is 6.29 Å². The van der Waals surface area contributed by atoms with Gasteiger partial charge in [-0.15, -0.1) is 0 Å². The highest BCUT2D eigenvalue weighted by Gasteiger charge is 2.48. The Morgan fingerprint density at radius 2 is 1.65 bits per heavy atom. The summed E-state index contributed by atoms with van der Waals surface area (Å²) in [6.45, 7) is 9.68. The molecule has 0 saturated carbocycles. The summed E-state index contributed by atoms with van der Waals surface area (Å²) in [6, 6.07) is 16.8. The van der Waals surface area contributed by atoms with E-state index in [1.807, 2.05) is 87.4 Å². The van der Waals surface area contributed by atoms with Crippen LogP contribution in [0.25, 0.3) is 0 Å². The lowest BCUT2D eigenvalue weighted by atomic mass is 9.77. The first kappa shape index (κ1) is 39.4. The molecule has 2 heterocycles. The van der Waals surface area contributed by atoms with Crippen LogP contribution < -0.4 is 5.32 Å². The zero-order chi connectivity index (χ0) is 36.0. The monoisotopic (exact) mass is 745 g/mol. The van der Waals surface area contributed by atoms with Gasteiger partial charge in [0.2, 0.25) is 11.8 Å². The number of benzene rings is 2. The fourth-order valence-corrected chi connectivity index (χ4v) is 7.76. The lowest BCUT2D eigenvalue weighted by Gasteiger charge is -2.47. The average molecular weight is 747 g/mol. The highest BCUT2D eigenvalue weighted by atomic mass is 79.9. The van der Waals surface area contributed by atoms with Crippen molar-refractivity contribution in [1.82, 2.24) is 15.1 Å². The number of hydrogen-bond donors (Lipinski definition) is 4. The predicted molar refractivity (Wildman–Crippen MR) is 192 cm³/mol. The van der Waals surface area contributed by atoms with Crippen LogP contribution in [0.15, 0.2) is 59.1 Å². The molecule has 1 unspecified atom stereocenters. The molecule has 2 aliphatic rings. The molecule has 4 rings (SSSR count). The summed E-state index contributed by atoms with van der Waals surface area (Å²) in [5, 5.41) is 38.3. The molecule has 2 saturated heterocycles. The molecule has 0 spiro atoms. The van der Waals surface area contributed by atoms with Crippen molar-refractivity contribution in [3.8, 4) is 0 Å². The zero-order valence-corrected chi connectivity index (χ0v) is 31.5. The standard InChI is InChI=1S/C38H56BrN3O7/c1-23-20-38(5,47)35(49-37-34(45)31(41(6)7)17-24(2)48-37)25(3)33(44)26(4)36(46)40-30(18-27-11-9-8-10-12-27)19-32(43)42(21-23)22-28-13-15-29(39)16-14-28/h8-16,23-26,30-31,33-35,37,44-45,47H,17-22H2,1-7H3,(H,40,46)/t23-,24-,25+,26-,30?,31+,33+,34-,35-,37+,38-/m1/s1. The quantitative estimate of drug-likeness (QED) is 0.333. The van der Waals surface area contributed by atoms with Gasteiger partial charge in [0.1, 0.15) is 6.10 Å². The van der Waals surface area contributed by atoms with Crippen LogP contribution >= 0.6 is 15.9 Å². The van der Waals surface area contributed by atoms with E-state index in [0.29, 0.717) is 25.9 Å². The van der Waals surface area contributed by atoms with Crippen molar-refractivity contribution in [2.75, 3.05) is 20.6 Å². The van der Waals surface area contributed by atoms with E-state index in [1.54, 1.807) is 25.7 Å². The lowest BCUT2D eigenvalue weighted by Crippen LogP contribution is -2.59. The molecule has 4 N–H and O–H groups in total. The molecule has 11 heteroatoms. The lowest BCUT2D eigenvalue weighted by molar-refractivity contribution is -0.299. The number of aliphatic hydroxyl groups is 3. The van der Waals surface area contributed by atoms with Crippen molar-refractivity contribution in [2.24, 2.45) is 17.8 Å². The van der Waals surface area contributed by atoms with Gasteiger partial charge in [-0.25, -0.2) is 0 Å². The Morgan fingerprint density at radius 3 is 2.29 bits per heavy atom. The van der Waals surface area contributed by atoms with Crippen LogP contribution in [-0.4, -0.2) is 106 Å². The maximum absolute atomic E-state index is 14.1. The molecule has 49 heavy (non-hydrogen) atoms. The summed E-state index contributed by atoms with van der Waals surface area (Å²) in [5.41, 5.74) is 0.413. The first-order chi connectivity index (χ1) is 23.0. The van der Waals surface area contributed by atoms with Crippen LogP contribution in [0.2, 0.25) is 0 Å². The second-order valence-electron chi connectivity index (χ2n) is 14.9. The highest BCUT2D eigenvalue weighted by Crippen LogP contribution is 2.35. The van der Waals surface area contributed by atoms with E-state index in [1.165, 1.54) is 0 Å².